The number of ketones is 1. The summed E-state index contributed by atoms with van der Waals surface area (Å²) in [5.74, 6) is 3.21. The Morgan fingerprint density at radius 3 is 2.86 bits per heavy atom. The summed E-state index contributed by atoms with van der Waals surface area (Å²) in [6.07, 6.45) is 7.78. The van der Waals surface area contributed by atoms with E-state index in [-0.39, 0.29) is 12.4 Å². The highest BCUT2D eigenvalue weighted by Gasteiger charge is 2.24. The lowest BCUT2D eigenvalue weighted by Gasteiger charge is -2.08. The molecule has 0 bridgehead atoms. The number of carbonyl (C=O) groups excluding carboxylic acids is 1. The van der Waals surface area contributed by atoms with E-state index in [1.54, 1.807) is 0 Å². The summed E-state index contributed by atoms with van der Waals surface area (Å²) < 4.78 is 6.48. The average Bonchev–Trinajstić information content (AvgIpc) is 2.83. The summed E-state index contributed by atoms with van der Waals surface area (Å²) >= 11 is 3.45. The summed E-state index contributed by atoms with van der Waals surface area (Å²) in [4.78, 5) is 12.5. The van der Waals surface area contributed by atoms with Crippen molar-refractivity contribution in [2.45, 2.75) is 6.42 Å². The molecule has 0 aliphatic heterocycles. The van der Waals surface area contributed by atoms with Crippen molar-refractivity contribution in [1.29, 1.82) is 0 Å². The Balaban J connectivity index is 1.98. The van der Waals surface area contributed by atoms with Crippen LogP contribution in [0.25, 0.3) is 6.08 Å². The van der Waals surface area contributed by atoms with Crippen molar-refractivity contribution < 1.29 is 9.53 Å². The maximum absolute atomic E-state index is 12.5. The van der Waals surface area contributed by atoms with Crippen LogP contribution < -0.4 is 4.74 Å². The number of ether oxygens (including phenoxy) is 1. The Bertz CT molecular complexity index is 812. The molecular formula is C19H13BrO2. The summed E-state index contributed by atoms with van der Waals surface area (Å²) in [6.45, 7) is 0.200. The van der Waals surface area contributed by atoms with Gasteiger partial charge in [-0.1, -0.05) is 46.1 Å². The molecule has 0 saturated carbocycles. The number of carbonyl (C=O) groups is 1. The lowest BCUT2D eigenvalue weighted by molar-refractivity contribution is 0.104. The van der Waals surface area contributed by atoms with Gasteiger partial charge in [0.1, 0.15) is 12.4 Å². The molecule has 0 fully saturated rings. The Labute approximate surface area is 137 Å². The van der Waals surface area contributed by atoms with Gasteiger partial charge >= 0.3 is 0 Å². The third kappa shape index (κ3) is 2.84. The maximum Gasteiger partial charge on any atom is 0.189 e. The minimum absolute atomic E-state index is 0.0819. The lowest BCUT2D eigenvalue weighted by atomic mass is 10.1. The normalized spacial score (nSPS) is 14.7. The Morgan fingerprint density at radius 1 is 1.27 bits per heavy atom. The molecule has 0 amide bonds. The molecule has 0 saturated heterocycles. The second kappa shape index (κ2) is 6.21. The first-order valence-corrected chi connectivity index (χ1v) is 7.67. The van der Waals surface area contributed by atoms with Gasteiger partial charge in [-0.2, -0.15) is 0 Å². The first-order chi connectivity index (χ1) is 10.7. The zero-order chi connectivity index (χ0) is 15.5. The molecule has 2 aromatic rings. The van der Waals surface area contributed by atoms with E-state index in [1.165, 1.54) is 0 Å². The minimum Gasteiger partial charge on any atom is -0.480 e. The second-order valence-electron chi connectivity index (χ2n) is 5.01. The molecule has 22 heavy (non-hydrogen) atoms. The zero-order valence-corrected chi connectivity index (χ0v) is 13.4. The van der Waals surface area contributed by atoms with E-state index in [2.05, 4.69) is 21.9 Å². The van der Waals surface area contributed by atoms with Crippen LogP contribution in [-0.4, -0.2) is 12.4 Å². The first kappa shape index (κ1) is 14.6. The first-order valence-electron chi connectivity index (χ1n) is 6.88. The fourth-order valence-electron chi connectivity index (χ4n) is 2.54. The summed E-state index contributed by atoms with van der Waals surface area (Å²) in [5, 5.41) is 0. The van der Waals surface area contributed by atoms with E-state index < -0.39 is 0 Å². The van der Waals surface area contributed by atoms with Gasteiger partial charge in [0, 0.05) is 27.6 Å². The van der Waals surface area contributed by atoms with Crippen LogP contribution in [0.3, 0.4) is 0 Å². The van der Waals surface area contributed by atoms with Gasteiger partial charge in [-0.25, -0.2) is 0 Å². The number of benzene rings is 2. The third-order valence-corrected chi connectivity index (χ3v) is 4.04. The SMILES string of the molecule is C#CCOc1ccc(Br)cc1/C=C1\Cc2ccccc2C1=O. The number of Topliss-reactive ketones (excluding diaryl/α,β-unsaturated/α-hetero) is 1. The topological polar surface area (TPSA) is 26.3 Å². The predicted octanol–water partition coefficient (Wildman–Crippen LogP) is 4.28. The monoisotopic (exact) mass is 352 g/mol. The number of halogens is 1. The molecule has 0 heterocycles. The highest BCUT2D eigenvalue weighted by atomic mass is 79.9. The Morgan fingerprint density at radius 2 is 2.09 bits per heavy atom. The van der Waals surface area contributed by atoms with Crippen LogP contribution in [0.2, 0.25) is 0 Å². The smallest absolute Gasteiger partial charge is 0.189 e. The average molecular weight is 353 g/mol. The largest absolute Gasteiger partial charge is 0.480 e. The van der Waals surface area contributed by atoms with Crippen molar-refractivity contribution in [3.05, 3.63) is 69.2 Å². The van der Waals surface area contributed by atoms with Crippen LogP contribution in [-0.2, 0) is 6.42 Å². The van der Waals surface area contributed by atoms with Crippen LogP contribution in [0.1, 0.15) is 21.5 Å². The van der Waals surface area contributed by atoms with Gasteiger partial charge in [0.25, 0.3) is 0 Å². The molecule has 1 aliphatic rings. The van der Waals surface area contributed by atoms with Crippen LogP contribution in [0, 0.1) is 12.3 Å². The predicted molar refractivity (Wildman–Crippen MR) is 90.9 cm³/mol. The molecule has 0 spiro atoms. The van der Waals surface area contributed by atoms with Gasteiger partial charge in [0.15, 0.2) is 5.78 Å². The third-order valence-electron chi connectivity index (χ3n) is 3.55. The van der Waals surface area contributed by atoms with Crippen LogP contribution in [0.5, 0.6) is 5.75 Å². The molecule has 1 aliphatic carbocycles. The van der Waals surface area contributed by atoms with Crippen molar-refractivity contribution >= 4 is 27.8 Å². The Kier molecular flexibility index (Phi) is 4.13. The molecule has 0 radical (unpaired) electrons. The highest BCUT2D eigenvalue weighted by Crippen LogP contribution is 2.31. The molecule has 3 heteroatoms. The van der Waals surface area contributed by atoms with Gasteiger partial charge < -0.3 is 4.74 Å². The number of rotatable bonds is 3. The number of terminal acetylenes is 1. The quantitative estimate of drug-likeness (QED) is 0.608. The standard InChI is InChI=1S/C19H13BrO2/c1-2-9-22-18-8-7-16(20)12-14(18)11-15-10-13-5-3-4-6-17(13)19(15)21/h1,3-8,11-12H,9-10H2/b15-11+. The fourth-order valence-corrected chi connectivity index (χ4v) is 2.92. The van der Waals surface area contributed by atoms with E-state index in [4.69, 9.17) is 11.2 Å². The maximum atomic E-state index is 12.5. The number of hydrogen-bond acceptors (Lipinski definition) is 2. The molecule has 108 valence electrons. The van der Waals surface area contributed by atoms with Crippen LogP contribution in [0.15, 0.2) is 52.5 Å². The van der Waals surface area contributed by atoms with Gasteiger partial charge in [-0.05, 0) is 29.8 Å². The number of fused-ring (bicyclic) bond motifs is 1. The Hall–Kier alpha value is -2.31. The van der Waals surface area contributed by atoms with Crippen molar-refractivity contribution in [2.75, 3.05) is 6.61 Å². The van der Waals surface area contributed by atoms with E-state index in [0.717, 1.165) is 26.7 Å². The van der Waals surface area contributed by atoms with Crippen molar-refractivity contribution in [1.82, 2.24) is 0 Å². The van der Waals surface area contributed by atoms with Gasteiger partial charge in [0.05, 0.1) is 0 Å². The molecule has 0 N–H and O–H groups in total. The van der Waals surface area contributed by atoms with E-state index >= 15 is 0 Å². The second-order valence-corrected chi connectivity index (χ2v) is 5.92. The molecule has 0 unspecified atom stereocenters. The number of hydrogen-bond donors (Lipinski definition) is 0. The number of allylic oxidation sites excluding steroid dienone is 1. The van der Waals surface area contributed by atoms with Crippen LogP contribution >= 0.6 is 15.9 Å². The minimum atomic E-state index is 0.0819. The van der Waals surface area contributed by atoms with Crippen molar-refractivity contribution in [2.24, 2.45) is 0 Å². The lowest BCUT2D eigenvalue weighted by Crippen LogP contribution is -1.98. The molecule has 3 rings (SSSR count). The molecule has 0 aromatic heterocycles. The highest BCUT2D eigenvalue weighted by molar-refractivity contribution is 9.10. The zero-order valence-electron chi connectivity index (χ0n) is 11.8. The van der Waals surface area contributed by atoms with E-state index in [0.29, 0.717) is 12.2 Å². The van der Waals surface area contributed by atoms with E-state index in [9.17, 15) is 4.79 Å². The summed E-state index contributed by atoms with van der Waals surface area (Å²) in [5.41, 5.74) is 3.47. The fraction of sp³-hybridized carbons (Fsp3) is 0.105. The van der Waals surface area contributed by atoms with Crippen LogP contribution in [0.4, 0.5) is 0 Å². The van der Waals surface area contributed by atoms with Gasteiger partial charge in [0.2, 0.25) is 0 Å². The molecular weight excluding hydrogens is 340 g/mol. The molecule has 2 aromatic carbocycles. The molecule has 2 nitrogen and oxygen atoms in total. The van der Waals surface area contributed by atoms with Gasteiger partial charge in [-0.3, -0.25) is 4.79 Å². The van der Waals surface area contributed by atoms with Gasteiger partial charge in [-0.15, -0.1) is 6.42 Å². The van der Waals surface area contributed by atoms with Crippen molar-refractivity contribution in [3.8, 4) is 18.1 Å². The summed E-state index contributed by atoms with van der Waals surface area (Å²) in [6, 6.07) is 13.4. The van der Waals surface area contributed by atoms with E-state index in [1.807, 2.05) is 48.5 Å². The summed E-state index contributed by atoms with van der Waals surface area (Å²) in [7, 11) is 0. The van der Waals surface area contributed by atoms with Crippen molar-refractivity contribution in [3.63, 3.8) is 0 Å². The molecule has 0 atom stereocenters.